The van der Waals surface area contributed by atoms with Crippen LogP contribution in [0, 0.1) is 5.82 Å². The highest BCUT2D eigenvalue weighted by Crippen LogP contribution is 2.32. The van der Waals surface area contributed by atoms with Crippen molar-refractivity contribution in [3.05, 3.63) is 46.9 Å². The molecular formula is C17H20FN3OS. The van der Waals surface area contributed by atoms with Crippen molar-refractivity contribution in [2.45, 2.75) is 38.8 Å². The number of benzene rings is 1. The second-order valence-corrected chi connectivity index (χ2v) is 6.28. The summed E-state index contributed by atoms with van der Waals surface area (Å²) >= 11 is 5.39. The zero-order valence-electron chi connectivity index (χ0n) is 13.2. The van der Waals surface area contributed by atoms with Crippen molar-refractivity contribution in [2.75, 3.05) is 6.54 Å². The van der Waals surface area contributed by atoms with Gasteiger partial charge in [0.1, 0.15) is 5.82 Å². The molecule has 1 aliphatic carbocycles. The zero-order chi connectivity index (χ0) is 16.6. The van der Waals surface area contributed by atoms with Crippen molar-refractivity contribution in [1.82, 2.24) is 15.5 Å². The molecule has 0 saturated heterocycles. The van der Waals surface area contributed by atoms with Crippen LogP contribution in [0.25, 0.3) is 0 Å². The second kappa shape index (κ2) is 6.28. The third kappa shape index (κ3) is 3.08. The van der Waals surface area contributed by atoms with Crippen LogP contribution in [0.5, 0.6) is 0 Å². The zero-order valence-corrected chi connectivity index (χ0v) is 14.0. The van der Waals surface area contributed by atoms with Gasteiger partial charge < -0.3 is 15.5 Å². The molecule has 1 fully saturated rings. The average Bonchev–Trinajstić information content (AvgIpc) is 3.31. The van der Waals surface area contributed by atoms with E-state index in [1.54, 1.807) is 18.2 Å². The Bertz CT molecular complexity index is 684. The van der Waals surface area contributed by atoms with Gasteiger partial charge in [-0.05, 0) is 45.0 Å². The summed E-state index contributed by atoms with van der Waals surface area (Å²) in [6.07, 6.45) is 2.01. The molecule has 0 unspecified atom stereocenters. The van der Waals surface area contributed by atoms with E-state index in [0.29, 0.717) is 22.8 Å². The highest BCUT2D eigenvalue weighted by molar-refractivity contribution is 7.80. The van der Waals surface area contributed by atoms with Gasteiger partial charge in [0.15, 0.2) is 5.11 Å². The SMILES string of the molecule is CCN1C(=S)N[C@@H](c2ccccc2F)C(C(=O)NC2CC2)=C1C. The number of nitrogens with one attached hydrogen (secondary N) is 2. The van der Waals surface area contributed by atoms with E-state index in [9.17, 15) is 9.18 Å². The van der Waals surface area contributed by atoms with Crippen LogP contribution >= 0.6 is 12.2 Å². The Labute approximate surface area is 140 Å². The lowest BCUT2D eigenvalue weighted by molar-refractivity contribution is -0.118. The molecule has 1 heterocycles. The lowest BCUT2D eigenvalue weighted by Crippen LogP contribution is -2.49. The third-order valence-electron chi connectivity index (χ3n) is 4.29. The van der Waals surface area contributed by atoms with Crippen molar-refractivity contribution in [3.63, 3.8) is 0 Å². The maximum absolute atomic E-state index is 14.3. The van der Waals surface area contributed by atoms with E-state index < -0.39 is 6.04 Å². The van der Waals surface area contributed by atoms with Gasteiger partial charge >= 0.3 is 0 Å². The van der Waals surface area contributed by atoms with Gasteiger partial charge in [0.2, 0.25) is 0 Å². The topological polar surface area (TPSA) is 44.4 Å². The predicted molar refractivity (Wildman–Crippen MR) is 91.1 cm³/mol. The molecule has 6 heteroatoms. The Balaban J connectivity index is 2.04. The minimum atomic E-state index is -0.565. The molecule has 0 spiro atoms. The van der Waals surface area contributed by atoms with E-state index in [2.05, 4.69) is 10.6 Å². The predicted octanol–water partition coefficient (Wildman–Crippen LogP) is 2.63. The van der Waals surface area contributed by atoms with Crippen molar-refractivity contribution < 1.29 is 9.18 Å². The first-order chi connectivity index (χ1) is 11.0. The summed E-state index contributed by atoms with van der Waals surface area (Å²) in [5.74, 6) is -0.492. The maximum Gasteiger partial charge on any atom is 0.251 e. The number of carbonyl (C=O) groups is 1. The first-order valence-corrected chi connectivity index (χ1v) is 8.27. The molecular weight excluding hydrogens is 313 g/mol. The fraction of sp³-hybridized carbons (Fsp3) is 0.412. The van der Waals surface area contributed by atoms with Crippen LogP contribution in [0.3, 0.4) is 0 Å². The van der Waals surface area contributed by atoms with E-state index >= 15 is 0 Å². The molecule has 1 amide bonds. The van der Waals surface area contributed by atoms with Gasteiger partial charge in [-0.2, -0.15) is 0 Å². The van der Waals surface area contributed by atoms with Crippen LogP contribution in [-0.4, -0.2) is 28.5 Å². The van der Waals surface area contributed by atoms with E-state index in [-0.39, 0.29) is 17.8 Å². The van der Waals surface area contributed by atoms with Gasteiger partial charge in [0, 0.05) is 23.8 Å². The molecule has 1 atom stereocenters. The first kappa shape index (κ1) is 15.9. The van der Waals surface area contributed by atoms with Crippen molar-refractivity contribution >= 4 is 23.2 Å². The summed E-state index contributed by atoms with van der Waals surface area (Å²) in [5, 5.41) is 6.65. The van der Waals surface area contributed by atoms with Crippen molar-refractivity contribution in [2.24, 2.45) is 0 Å². The number of carbonyl (C=O) groups excluding carboxylic acids is 1. The number of allylic oxidation sites excluding steroid dienone is 1. The quantitative estimate of drug-likeness (QED) is 0.832. The Kier molecular flexibility index (Phi) is 4.35. The van der Waals surface area contributed by atoms with Gasteiger partial charge in [-0.3, -0.25) is 4.79 Å². The van der Waals surface area contributed by atoms with E-state index in [0.717, 1.165) is 18.5 Å². The van der Waals surface area contributed by atoms with Crippen LogP contribution in [-0.2, 0) is 4.79 Å². The van der Waals surface area contributed by atoms with Crippen molar-refractivity contribution in [1.29, 1.82) is 0 Å². The number of rotatable bonds is 4. The smallest absolute Gasteiger partial charge is 0.251 e. The van der Waals surface area contributed by atoms with Gasteiger partial charge in [-0.15, -0.1) is 0 Å². The van der Waals surface area contributed by atoms with Gasteiger partial charge in [0.05, 0.1) is 11.6 Å². The fourth-order valence-electron chi connectivity index (χ4n) is 2.89. The number of hydrogen-bond acceptors (Lipinski definition) is 2. The molecule has 1 aromatic carbocycles. The monoisotopic (exact) mass is 333 g/mol. The van der Waals surface area contributed by atoms with Gasteiger partial charge in [-0.1, -0.05) is 18.2 Å². The number of hydrogen-bond donors (Lipinski definition) is 2. The Morgan fingerprint density at radius 1 is 1.43 bits per heavy atom. The molecule has 4 nitrogen and oxygen atoms in total. The highest BCUT2D eigenvalue weighted by Gasteiger charge is 2.36. The normalized spacial score (nSPS) is 21.3. The first-order valence-electron chi connectivity index (χ1n) is 7.87. The number of amides is 1. The van der Waals surface area contributed by atoms with Gasteiger partial charge in [-0.25, -0.2) is 4.39 Å². The molecule has 0 aromatic heterocycles. The van der Waals surface area contributed by atoms with Crippen molar-refractivity contribution in [3.8, 4) is 0 Å². The molecule has 2 N–H and O–H groups in total. The van der Waals surface area contributed by atoms with E-state index in [4.69, 9.17) is 12.2 Å². The number of halogens is 1. The summed E-state index contributed by atoms with van der Waals surface area (Å²) in [6, 6.07) is 6.17. The summed E-state index contributed by atoms with van der Waals surface area (Å²) < 4.78 is 14.3. The van der Waals surface area contributed by atoms with Gasteiger partial charge in [0.25, 0.3) is 5.91 Å². The summed E-state index contributed by atoms with van der Waals surface area (Å²) in [7, 11) is 0. The largest absolute Gasteiger partial charge is 0.351 e. The van der Waals surface area contributed by atoms with Crippen LogP contribution in [0.15, 0.2) is 35.5 Å². The fourth-order valence-corrected chi connectivity index (χ4v) is 3.27. The maximum atomic E-state index is 14.3. The minimum absolute atomic E-state index is 0.147. The number of thiocarbonyl (C=S) groups is 1. The Morgan fingerprint density at radius 2 is 2.13 bits per heavy atom. The van der Waals surface area contributed by atoms with E-state index in [1.165, 1.54) is 6.07 Å². The molecule has 3 rings (SSSR count). The lowest BCUT2D eigenvalue weighted by Gasteiger charge is -2.37. The standard InChI is InChI=1S/C17H20FN3OS/c1-3-21-10(2)14(16(22)19-11-8-9-11)15(20-17(21)23)12-6-4-5-7-13(12)18/h4-7,11,15H,3,8-9H2,1-2H3,(H,19,22)(H,20,23)/t15-/m0/s1. The molecule has 2 aliphatic rings. The molecule has 23 heavy (non-hydrogen) atoms. The third-order valence-corrected chi connectivity index (χ3v) is 4.62. The molecule has 1 aliphatic heterocycles. The van der Waals surface area contributed by atoms with Crippen LogP contribution in [0.1, 0.15) is 38.3 Å². The molecule has 1 saturated carbocycles. The molecule has 0 bridgehead atoms. The van der Waals surface area contributed by atoms with Crippen LogP contribution < -0.4 is 10.6 Å². The molecule has 1 aromatic rings. The summed E-state index contributed by atoms with van der Waals surface area (Å²) in [5.41, 5.74) is 1.76. The summed E-state index contributed by atoms with van der Waals surface area (Å²) in [4.78, 5) is 14.6. The van der Waals surface area contributed by atoms with E-state index in [1.807, 2.05) is 18.7 Å². The minimum Gasteiger partial charge on any atom is -0.351 e. The number of nitrogens with zero attached hydrogens (tertiary/aromatic N) is 1. The van der Waals surface area contributed by atoms with Crippen LogP contribution in [0.2, 0.25) is 0 Å². The second-order valence-electron chi connectivity index (χ2n) is 5.90. The highest BCUT2D eigenvalue weighted by atomic mass is 32.1. The van der Waals surface area contributed by atoms with Crippen LogP contribution in [0.4, 0.5) is 4.39 Å². The Hall–Kier alpha value is -1.95. The molecule has 122 valence electrons. The summed E-state index contributed by atoms with van der Waals surface area (Å²) in [6.45, 7) is 4.49. The molecule has 0 radical (unpaired) electrons. The average molecular weight is 333 g/mol. The lowest BCUT2D eigenvalue weighted by atomic mass is 9.94. The Morgan fingerprint density at radius 3 is 2.74 bits per heavy atom.